The maximum absolute atomic E-state index is 15.3. The number of aryl methyl sites for hydroxylation is 2. The van der Waals surface area contributed by atoms with E-state index in [1.54, 1.807) is 18.1 Å². The zero-order chi connectivity index (χ0) is 31.2. The topological polar surface area (TPSA) is 86.8 Å². The van der Waals surface area contributed by atoms with Gasteiger partial charge in [0.1, 0.15) is 0 Å². The van der Waals surface area contributed by atoms with E-state index in [1.165, 1.54) is 28.0 Å². The number of amides is 1. The molecule has 1 atom stereocenters. The first kappa shape index (κ1) is 30.0. The van der Waals surface area contributed by atoms with Crippen molar-refractivity contribution in [1.29, 1.82) is 0 Å². The summed E-state index contributed by atoms with van der Waals surface area (Å²) >= 11 is -1.10. The zero-order valence-electron chi connectivity index (χ0n) is 25.7. The van der Waals surface area contributed by atoms with Crippen LogP contribution in [0.25, 0.3) is 11.1 Å². The number of aliphatic hydroxyl groups excluding tert-OH is 1. The van der Waals surface area contributed by atoms with E-state index in [0.29, 0.717) is 45.5 Å². The second kappa shape index (κ2) is 12.2. The molecule has 1 amide bonds. The monoisotopic (exact) mass is 672 g/mol. The molecule has 0 radical (unpaired) electrons. The molecule has 3 aliphatic rings. The predicted molar refractivity (Wildman–Crippen MR) is 176 cm³/mol. The van der Waals surface area contributed by atoms with Crippen molar-refractivity contribution in [1.82, 2.24) is 19.0 Å². The summed E-state index contributed by atoms with van der Waals surface area (Å²) < 4.78 is 20.5. The van der Waals surface area contributed by atoms with Gasteiger partial charge in [0.05, 0.1) is 0 Å². The van der Waals surface area contributed by atoms with Crippen molar-refractivity contribution < 1.29 is 14.3 Å². The van der Waals surface area contributed by atoms with E-state index in [1.807, 2.05) is 24.4 Å². The third-order valence-electron chi connectivity index (χ3n) is 9.43. The van der Waals surface area contributed by atoms with Crippen molar-refractivity contribution >= 4 is 41.9 Å². The molecule has 1 aromatic carbocycles. The number of piperazine rings is 1. The number of hydrogen-bond donors (Lipinski definition) is 1. The molecule has 1 N–H and O–H groups in total. The van der Waals surface area contributed by atoms with E-state index in [9.17, 15) is 14.7 Å². The van der Waals surface area contributed by atoms with Gasteiger partial charge in [0.15, 0.2) is 0 Å². The molecule has 1 fully saturated rings. The van der Waals surface area contributed by atoms with Crippen LogP contribution in [0.4, 0.5) is 15.8 Å². The van der Waals surface area contributed by atoms with Crippen molar-refractivity contribution in [3.8, 4) is 11.1 Å². The summed E-state index contributed by atoms with van der Waals surface area (Å²) in [5.74, 6) is -0.682. The molecule has 0 saturated carbocycles. The number of pyridine rings is 2. The normalized spacial score (nSPS) is 17.3. The number of carbonyl (C=O) groups is 1. The number of aromatic nitrogens is 3. The third kappa shape index (κ3) is 5.64. The Morgan fingerprint density at radius 2 is 1.76 bits per heavy atom. The molecule has 5 heterocycles. The van der Waals surface area contributed by atoms with Gasteiger partial charge in [-0.2, -0.15) is 0 Å². The summed E-state index contributed by atoms with van der Waals surface area (Å²) in [7, 11) is 3.82. The molecular formula is C34H38AsFN6O3. The van der Waals surface area contributed by atoms with E-state index >= 15 is 4.39 Å². The maximum atomic E-state index is 15.3. The van der Waals surface area contributed by atoms with Gasteiger partial charge in [-0.25, -0.2) is 0 Å². The van der Waals surface area contributed by atoms with E-state index in [0.717, 1.165) is 62.0 Å². The van der Waals surface area contributed by atoms with Crippen LogP contribution in [0.2, 0.25) is 0 Å². The molecule has 45 heavy (non-hydrogen) atoms. The van der Waals surface area contributed by atoms with Gasteiger partial charge < -0.3 is 0 Å². The Hall–Kier alpha value is -3.72. The molecular weight excluding hydrogens is 634 g/mol. The molecule has 2 aliphatic heterocycles. The van der Waals surface area contributed by atoms with E-state index in [2.05, 4.69) is 27.5 Å². The molecule has 3 aromatic heterocycles. The summed E-state index contributed by atoms with van der Waals surface area (Å²) in [6.45, 7) is 4.57. The average Bonchev–Trinajstić information content (AvgIpc) is 3.43. The van der Waals surface area contributed by atoms with E-state index in [-0.39, 0.29) is 18.1 Å². The number of likely N-dealkylation sites (N-methyl/N-ethyl adjacent to an activating group) is 1. The number of nitrogens with zero attached hydrogens (tertiary/aromatic N) is 6. The molecule has 11 heteroatoms. The van der Waals surface area contributed by atoms with Crippen molar-refractivity contribution in [3.05, 3.63) is 87.5 Å². The molecule has 0 spiro atoms. The van der Waals surface area contributed by atoms with Crippen LogP contribution in [0.15, 0.2) is 53.6 Å². The van der Waals surface area contributed by atoms with Crippen molar-refractivity contribution in [2.45, 2.75) is 38.8 Å². The summed E-state index contributed by atoms with van der Waals surface area (Å²) in [5, 5.41) is 10.6. The van der Waals surface area contributed by atoms with Crippen LogP contribution >= 0.6 is 0 Å². The average molecular weight is 673 g/mol. The van der Waals surface area contributed by atoms with E-state index < -0.39 is 21.6 Å². The molecule has 4 aromatic rings. The molecule has 0 bridgehead atoms. The van der Waals surface area contributed by atoms with Gasteiger partial charge in [-0.1, -0.05) is 0 Å². The van der Waals surface area contributed by atoms with Crippen LogP contribution in [0.1, 0.15) is 40.2 Å². The molecule has 1 unspecified atom stereocenters. The molecule has 1 saturated heterocycles. The summed E-state index contributed by atoms with van der Waals surface area (Å²) in [6.07, 6.45) is 7.77. The Labute approximate surface area is 268 Å². The summed E-state index contributed by atoms with van der Waals surface area (Å²) in [5.41, 5.74) is 6.02. The second-order valence-corrected chi connectivity index (χ2v) is 15.0. The first-order valence-electron chi connectivity index (χ1n) is 15.6. The van der Waals surface area contributed by atoms with Gasteiger partial charge in [-0.15, -0.1) is 0 Å². The summed E-state index contributed by atoms with van der Waals surface area (Å²) in [4.78, 5) is 38.0. The van der Waals surface area contributed by atoms with Gasteiger partial charge in [-0.3, -0.25) is 0 Å². The molecule has 7 rings (SSSR count). The van der Waals surface area contributed by atoms with Gasteiger partial charge in [0, 0.05) is 0 Å². The number of anilines is 2. The molecule has 1 aliphatic carbocycles. The minimum atomic E-state index is -1.10. The van der Waals surface area contributed by atoms with Crippen LogP contribution in [0.3, 0.4) is 0 Å². The number of halogens is 1. The minimum absolute atomic E-state index is 0.109. The van der Waals surface area contributed by atoms with Gasteiger partial charge in [-0.05, 0) is 12.8 Å². The SMILES string of the molecule is CN1CCN(c2ccc([AsH]c3cc(-c4cc(F)cc(N5CCn6c(cc7c6CCCC7)C5=O)c4CO)cn(C)c3=O)nc2)CC1. The fourth-order valence-corrected chi connectivity index (χ4v) is 9.22. The van der Waals surface area contributed by atoms with Crippen LogP contribution in [-0.4, -0.2) is 85.6 Å². The number of rotatable bonds is 6. The Balaban J connectivity index is 1.20. The molecule has 234 valence electrons. The predicted octanol–water partition coefficient (Wildman–Crippen LogP) is 1.56. The molecule has 9 nitrogen and oxygen atoms in total. The van der Waals surface area contributed by atoms with Crippen LogP contribution < -0.4 is 24.2 Å². The van der Waals surface area contributed by atoms with Gasteiger partial charge in [0.2, 0.25) is 0 Å². The number of benzene rings is 1. The van der Waals surface area contributed by atoms with Crippen LogP contribution in [0, 0.1) is 5.82 Å². The standard InChI is InChI=1S/C34H38AsFN6O3/c1-38-9-11-40(12-10-38)25-7-8-32(37-19-25)35-28-15-23(20-39(2)33(28)44)26-17-24(36)18-30(27(26)21-43)42-14-13-41-29-6-4-3-5-22(29)16-31(41)34(42)45/h7-8,15-20,35,43H,3-6,9-14,21H2,1-2H3. The number of carbonyl (C=O) groups excluding carboxylic acids is 1. The number of fused-ring (bicyclic) bond motifs is 3. The Morgan fingerprint density at radius 1 is 0.956 bits per heavy atom. The summed E-state index contributed by atoms with van der Waals surface area (Å²) in [6, 6.07) is 10.6. The number of hydrogen-bond acceptors (Lipinski definition) is 6. The number of aliphatic hydroxyl groups is 1. The Bertz CT molecular complexity index is 1830. The van der Waals surface area contributed by atoms with Crippen molar-refractivity contribution in [2.75, 3.05) is 49.6 Å². The fourth-order valence-electron chi connectivity index (χ4n) is 6.95. The fraction of sp³-hybridized carbons (Fsp3) is 0.382. The zero-order valence-corrected chi connectivity index (χ0v) is 27.8. The van der Waals surface area contributed by atoms with Crippen LogP contribution in [0.5, 0.6) is 0 Å². The van der Waals surface area contributed by atoms with Gasteiger partial charge >= 0.3 is 256 Å². The van der Waals surface area contributed by atoms with Crippen LogP contribution in [-0.2, 0) is 33.0 Å². The van der Waals surface area contributed by atoms with Gasteiger partial charge in [0.25, 0.3) is 0 Å². The first-order valence-corrected chi connectivity index (χ1v) is 17.7. The third-order valence-corrected chi connectivity index (χ3v) is 11.9. The first-order chi connectivity index (χ1) is 21.8. The quantitative estimate of drug-likeness (QED) is 0.313. The Morgan fingerprint density at radius 3 is 2.51 bits per heavy atom. The second-order valence-electron chi connectivity index (χ2n) is 12.3. The van der Waals surface area contributed by atoms with E-state index in [4.69, 9.17) is 4.98 Å². The van der Waals surface area contributed by atoms with Crippen molar-refractivity contribution in [3.63, 3.8) is 0 Å². The van der Waals surface area contributed by atoms with Crippen molar-refractivity contribution in [2.24, 2.45) is 7.05 Å². The Kier molecular flexibility index (Phi) is 8.14.